The smallest absolute Gasteiger partial charge is 0.144 e. The van der Waals surface area contributed by atoms with Crippen LogP contribution < -0.4 is 15.4 Å². The Kier molecular flexibility index (Phi) is 3.50. The minimum Gasteiger partial charge on any atom is -0.491 e. The first kappa shape index (κ1) is 13.5. The summed E-state index contributed by atoms with van der Waals surface area (Å²) in [6.07, 6.45) is 2.51. The van der Waals surface area contributed by atoms with Crippen LogP contribution in [0.25, 0.3) is 0 Å². The molecule has 5 nitrogen and oxygen atoms in total. The standard InChI is InChI=1S/C14H21N3O2S/c15-13-4-3-12(9-14(13)19-10-11-1-2-11)17-5-7-20(16,18)8-6-17/h3-4,9,11,16H,1-2,5-8,10,15H2. The summed E-state index contributed by atoms with van der Waals surface area (Å²) in [6.45, 7) is 2.07. The fourth-order valence-electron chi connectivity index (χ4n) is 2.32. The van der Waals surface area contributed by atoms with Crippen molar-refractivity contribution in [1.82, 2.24) is 0 Å². The molecule has 6 heteroatoms. The van der Waals surface area contributed by atoms with Crippen molar-refractivity contribution in [2.24, 2.45) is 5.92 Å². The summed E-state index contributed by atoms with van der Waals surface area (Å²) in [5.74, 6) is 2.32. The molecule has 0 bridgehead atoms. The number of nitrogen functional groups attached to an aromatic ring is 1. The molecule has 1 aliphatic carbocycles. The van der Waals surface area contributed by atoms with Crippen LogP contribution in [0.2, 0.25) is 0 Å². The van der Waals surface area contributed by atoms with E-state index < -0.39 is 9.73 Å². The van der Waals surface area contributed by atoms with Crippen molar-refractivity contribution >= 4 is 21.1 Å². The number of nitrogens with zero attached hydrogens (tertiary/aromatic N) is 1. The normalized spacial score (nSPS) is 21.7. The van der Waals surface area contributed by atoms with Gasteiger partial charge in [0, 0.05) is 46.1 Å². The van der Waals surface area contributed by atoms with Crippen LogP contribution in [0.15, 0.2) is 18.2 Å². The summed E-state index contributed by atoms with van der Waals surface area (Å²) in [4.78, 5) is 2.15. The molecule has 3 N–H and O–H groups in total. The van der Waals surface area contributed by atoms with Crippen LogP contribution in [0.5, 0.6) is 5.75 Å². The van der Waals surface area contributed by atoms with Gasteiger partial charge in [0.1, 0.15) is 5.75 Å². The number of ether oxygens (including phenoxy) is 1. The first-order valence-corrected chi connectivity index (χ1v) is 8.94. The largest absolute Gasteiger partial charge is 0.491 e. The van der Waals surface area contributed by atoms with Crippen LogP contribution in [0, 0.1) is 10.7 Å². The predicted molar refractivity (Wildman–Crippen MR) is 81.9 cm³/mol. The first-order chi connectivity index (χ1) is 9.53. The van der Waals surface area contributed by atoms with Gasteiger partial charge in [-0.05, 0) is 30.9 Å². The van der Waals surface area contributed by atoms with Crippen LogP contribution in [0.4, 0.5) is 11.4 Å². The zero-order chi connectivity index (χ0) is 14.2. The topological polar surface area (TPSA) is 79.4 Å². The minimum atomic E-state index is -2.35. The lowest BCUT2D eigenvalue weighted by Crippen LogP contribution is -2.39. The Balaban J connectivity index is 1.71. The molecule has 1 aromatic rings. The Hall–Kier alpha value is -1.43. The van der Waals surface area contributed by atoms with Gasteiger partial charge in [0.2, 0.25) is 0 Å². The molecule has 1 saturated heterocycles. The fraction of sp³-hybridized carbons (Fsp3) is 0.571. The number of benzene rings is 1. The Labute approximate surface area is 120 Å². The van der Waals surface area contributed by atoms with E-state index in [1.165, 1.54) is 12.8 Å². The van der Waals surface area contributed by atoms with Crippen LogP contribution in [0.1, 0.15) is 12.8 Å². The number of hydrogen-bond acceptors (Lipinski definition) is 5. The molecule has 3 rings (SSSR count). The van der Waals surface area contributed by atoms with E-state index in [4.69, 9.17) is 15.3 Å². The van der Waals surface area contributed by atoms with Crippen molar-refractivity contribution in [2.75, 3.05) is 41.8 Å². The molecule has 0 unspecified atom stereocenters. The molecule has 2 fully saturated rings. The molecule has 1 aromatic carbocycles. The van der Waals surface area contributed by atoms with Crippen LogP contribution in [0.3, 0.4) is 0 Å². The average Bonchev–Trinajstić information content (AvgIpc) is 3.22. The number of anilines is 2. The van der Waals surface area contributed by atoms with E-state index in [9.17, 15) is 4.21 Å². The molecule has 0 radical (unpaired) electrons. The Bertz CT molecular complexity index is 582. The molecule has 1 heterocycles. The van der Waals surface area contributed by atoms with Crippen LogP contribution in [-0.2, 0) is 9.73 Å². The van der Waals surface area contributed by atoms with E-state index >= 15 is 0 Å². The van der Waals surface area contributed by atoms with E-state index in [-0.39, 0.29) is 0 Å². The monoisotopic (exact) mass is 295 g/mol. The molecule has 0 spiro atoms. The lowest BCUT2D eigenvalue weighted by atomic mass is 10.2. The molecule has 110 valence electrons. The minimum absolute atomic E-state index is 0.440. The van der Waals surface area contributed by atoms with Crippen LogP contribution >= 0.6 is 0 Å². The molecule has 1 aliphatic heterocycles. The molecule has 0 atom stereocenters. The lowest BCUT2D eigenvalue weighted by molar-refractivity contribution is 0.301. The van der Waals surface area contributed by atoms with Gasteiger partial charge in [-0.2, -0.15) is 0 Å². The van der Waals surface area contributed by atoms with Crippen molar-refractivity contribution in [3.63, 3.8) is 0 Å². The predicted octanol–water partition coefficient (Wildman–Crippen LogP) is 1.92. The highest BCUT2D eigenvalue weighted by molar-refractivity contribution is 7.92. The van der Waals surface area contributed by atoms with Crippen molar-refractivity contribution in [3.8, 4) is 5.75 Å². The lowest BCUT2D eigenvalue weighted by Gasteiger charge is -2.30. The van der Waals surface area contributed by atoms with Gasteiger partial charge in [-0.25, -0.2) is 4.21 Å². The summed E-state index contributed by atoms with van der Waals surface area (Å²) in [6, 6.07) is 5.80. The Morgan fingerprint density at radius 1 is 1.35 bits per heavy atom. The zero-order valence-electron chi connectivity index (χ0n) is 11.5. The third-order valence-electron chi connectivity index (χ3n) is 3.92. The summed E-state index contributed by atoms with van der Waals surface area (Å²) >= 11 is 0. The number of nitrogens with two attached hydrogens (primary N) is 1. The molecular formula is C14H21N3O2S. The molecule has 0 amide bonds. The van der Waals surface area contributed by atoms with Crippen molar-refractivity contribution in [3.05, 3.63) is 18.2 Å². The van der Waals surface area contributed by atoms with Crippen LogP contribution in [-0.4, -0.2) is 35.4 Å². The highest BCUT2D eigenvalue weighted by Gasteiger charge is 2.23. The second kappa shape index (κ2) is 5.16. The Morgan fingerprint density at radius 2 is 2.05 bits per heavy atom. The van der Waals surface area contributed by atoms with Crippen molar-refractivity contribution < 1.29 is 8.95 Å². The van der Waals surface area contributed by atoms with Crippen molar-refractivity contribution in [2.45, 2.75) is 12.8 Å². The van der Waals surface area contributed by atoms with E-state index in [0.29, 0.717) is 36.2 Å². The second-order valence-corrected chi connectivity index (χ2v) is 8.12. The number of rotatable bonds is 4. The maximum absolute atomic E-state index is 11.7. The van der Waals surface area contributed by atoms with E-state index in [1.807, 2.05) is 18.2 Å². The molecule has 1 saturated carbocycles. The summed E-state index contributed by atoms with van der Waals surface area (Å²) < 4.78 is 25.1. The number of nitrogens with one attached hydrogen (secondary N) is 1. The summed E-state index contributed by atoms with van der Waals surface area (Å²) in [7, 11) is -2.35. The quantitative estimate of drug-likeness (QED) is 0.832. The highest BCUT2D eigenvalue weighted by atomic mass is 32.2. The van der Waals surface area contributed by atoms with Gasteiger partial charge < -0.3 is 15.4 Å². The van der Waals surface area contributed by atoms with E-state index in [2.05, 4.69) is 4.90 Å². The van der Waals surface area contributed by atoms with E-state index in [0.717, 1.165) is 18.0 Å². The van der Waals surface area contributed by atoms with Gasteiger partial charge in [-0.15, -0.1) is 0 Å². The van der Waals surface area contributed by atoms with Gasteiger partial charge in [0.25, 0.3) is 0 Å². The zero-order valence-corrected chi connectivity index (χ0v) is 12.3. The van der Waals surface area contributed by atoms with Gasteiger partial charge in [-0.3, -0.25) is 4.78 Å². The molecule has 0 aromatic heterocycles. The summed E-state index contributed by atoms with van der Waals surface area (Å²) in [5, 5.41) is 0. The van der Waals surface area contributed by atoms with E-state index in [1.54, 1.807) is 0 Å². The van der Waals surface area contributed by atoms with Crippen molar-refractivity contribution in [1.29, 1.82) is 4.78 Å². The maximum Gasteiger partial charge on any atom is 0.144 e. The van der Waals surface area contributed by atoms with Gasteiger partial charge in [0.15, 0.2) is 0 Å². The van der Waals surface area contributed by atoms with Gasteiger partial charge in [0.05, 0.1) is 12.3 Å². The molecule has 20 heavy (non-hydrogen) atoms. The third kappa shape index (κ3) is 3.17. The third-order valence-corrected chi connectivity index (χ3v) is 5.60. The maximum atomic E-state index is 11.7. The van der Waals surface area contributed by atoms with Gasteiger partial charge in [-0.1, -0.05) is 0 Å². The highest BCUT2D eigenvalue weighted by Crippen LogP contribution is 2.33. The molecule has 2 aliphatic rings. The molecular weight excluding hydrogens is 274 g/mol. The summed E-state index contributed by atoms with van der Waals surface area (Å²) in [5.41, 5.74) is 7.65. The SMILES string of the molecule is N=S1(=O)CCN(c2ccc(N)c(OCC3CC3)c2)CC1. The second-order valence-electron chi connectivity index (χ2n) is 5.68. The first-order valence-electron chi connectivity index (χ1n) is 7.05. The number of hydrogen-bond donors (Lipinski definition) is 2. The van der Waals surface area contributed by atoms with Gasteiger partial charge >= 0.3 is 0 Å². The Morgan fingerprint density at radius 3 is 2.70 bits per heavy atom. The average molecular weight is 295 g/mol. The fourth-order valence-corrected chi connectivity index (χ4v) is 3.56.